The quantitative estimate of drug-likeness (QED) is 0.897. The van der Waals surface area contributed by atoms with Gasteiger partial charge in [0.15, 0.2) is 11.7 Å². The van der Waals surface area contributed by atoms with E-state index in [1.807, 2.05) is 38.1 Å². The summed E-state index contributed by atoms with van der Waals surface area (Å²) in [6, 6.07) is 8.07. The minimum Gasteiger partial charge on any atom is -0.441 e. The van der Waals surface area contributed by atoms with Crippen molar-refractivity contribution in [3.63, 3.8) is 0 Å². The molecule has 0 bridgehead atoms. The van der Waals surface area contributed by atoms with Crippen LogP contribution in [0, 0.1) is 6.92 Å². The molecule has 100 valence electrons. The van der Waals surface area contributed by atoms with E-state index in [0.717, 1.165) is 11.3 Å². The van der Waals surface area contributed by atoms with Crippen LogP contribution in [0.4, 0.5) is 0 Å². The van der Waals surface area contributed by atoms with E-state index in [9.17, 15) is 4.79 Å². The molecule has 0 radical (unpaired) electrons. The molecule has 0 spiro atoms. The van der Waals surface area contributed by atoms with Crippen molar-refractivity contribution < 1.29 is 9.21 Å². The summed E-state index contributed by atoms with van der Waals surface area (Å²) in [4.78, 5) is 15.6. The Morgan fingerprint density at radius 2 is 2.05 bits per heavy atom. The number of amides is 1. The first kappa shape index (κ1) is 13.3. The van der Waals surface area contributed by atoms with E-state index in [0.29, 0.717) is 25.3 Å². The molecular formula is C15H18N2O2. The van der Waals surface area contributed by atoms with Gasteiger partial charge in [0, 0.05) is 24.9 Å². The first-order valence-corrected chi connectivity index (χ1v) is 6.47. The Labute approximate surface area is 112 Å². The first-order chi connectivity index (χ1) is 9.19. The summed E-state index contributed by atoms with van der Waals surface area (Å²) in [5.74, 6) is 1.37. The van der Waals surface area contributed by atoms with Crippen molar-refractivity contribution in [3.8, 4) is 11.3 Å². The number of nitrogens with one attached hydrogen (secondary N) is 1. The van der Waals surface area contributed by atoms with Crippen molar-refractivity contribution in [1.29, 1.82) is 0 Å². The molecule has 1 heterocycles. The summed E-state index contributed by atoms with van der Waals surface area (Å²) in [6.45, 7) is 4.60. The zero-order valence-electron chi connectivity index (χ0n) is 11.3. The summed E-state index contributed by atoms with van der Waals surface area (Å²) >= 11 is 0. The van der Waals surface area contributed by atoms with Gasteiger partial charge in [0.25, 0.3) is 0 Å². The Morgan fingerprint density at radius 3 is 2.74 bits per heavy atom. The first-order valence-electron chi connectivity index (χ1n) is 6.47. The highest BCUT2D eigenvalue weighted by Crippen LogP contribution is 2.21. The van der Waals surface area contributed by atoms with Crippen LogP contribution >= 0.6 is 0 Å². The maximum atomic E-state index is 11.4. The SMILES string of the molecule is CCNC(=O)CCc1ncc(-c2ccc(C)cc2)o1. The van der Waals surface area contributed by atoms with Crippen molar-refractivity contribution in [1.82, 2.24) is 10.3 Å². The fourth-order valence-electron chi connectivity index (χ4n) is 1.78. The van der Waals surface area contributed by atoms with Gasteiger partial charge in [0.2, 0.25) is 5.91 Å². The average Bonchev–Trinajstić information content (AvgIpc) is 2.86. The summed E-state index contributed by atoms with van der Waals surface area (Å²) in [5, 5.41) is 2.75. The number of hydrogen-bond acceptors (Lipinski definition) is 3. The van der Waals surface area contributed by atoms with Gasteiger partial charge in [0.05, 0.1) is 6.20 Å². The van der Waals surface area contributed by atoms with E-state index >= 15 is 0 Å². The third-order valence-corrected chi connectivity index (χ3v) is 2.83. The van der Waals surface area contributed by atoms with Crippen LogP contribution in [0.25, 0.3) is 11.3 Å². The molecule has 4 nitrogen and oxygen atoms in total. The van der Waals surface area contributed by atoms with E-state index < -0.39 is 0 Å². The topological polar surface area (TPSA) is 55.1 Å². The maximum absolute atomic E-state index is 11.4. The lowest BCUT2D eigenvalue weighted by Gasteiger charge is -1.99. The van der Waals surface area contributed by atoms with Gasteiger partial charge in [-0.2, -0.15) is 0 Å². The molecule has 0 aliphatic heterocycles. The number of nitrogens with zero attached hydrogens (tertiary/aromatic N) is 1. The fraction of sp³-hybridized carbons (Fsp3) is 0.333. The third-order valence-electron chi connectivity index (χ3n) is 2.83. The number of aromatic nitrogens is 1. The smallest absolute Gasteiger partial charge is 0.220 e. The Bertz CT molecular complexity index is 544. The highest BCUT2D eigenvalue weighted by Gasteiger charge is 2.08. The number of oxazole rings is 1. The predicted molar refractivity (Wildman–Crippen MR) is 73.7 cm³/mol. The molecular weight excluding hydrogens is 240 g/mol. The number of hydrogen-bond donors (Lipinski definition) is 1. The van der Waals surface area contributed by atoms with Crippen molar-refractivity contribution in [2.45, 2.75) is 26.7 Å². The van der Waals surface area contributed by atoms with Gasteiger partial charge in [-0.05, 0) is 13.8 Å². The van der Waals surface area contributed by atoms with E-state index in [2.05, 4.69) is 10.3 Å². The minimum atomic E-state index is 0.0255. The predicted octanol–water partition coefficient (Wildman–Crippen LogP) is 2.72. The van der Waals surface area contributed by atoms with Crippen LogP contribution in [-0.4, -0.2) is 17.4 Å². The van der Waals surface area contributed by atoms with Crippen molar-refractivity contribution in [2.75, 3.05) is 6.54 Å². The standard InChI is InChI=1S/C15H18N2O2/c1-3-16-14(18)8-9-15-17-10-13(19-15)12-6-4-11(2)5-7-12/h4-7,10H,3,8-9H2,1-2H3,(H,16,18). The molecule has 0 atom stereocenters. The molecule has 1 N–H and O–H groups in total. The van der Waals surface area contributed by atoms with Gasteiger partial charge >= 0.3 is 0 Å². The van der Waals surface area contributed by atoms with Crippen LogP contribution in [0.15, 0.2) is 34.9 Å². The fourth-order valence-corrected chi connectivity index (χ4v) is 1.78. The second kappa shape index (κ2) is 6.18. The van der Waals surface area contributed by atoms with Gasteiger partial charge in [0.1, 0.15) is 0 Å². The maximum Gasteiger partial charge on any atom is 0.220 e. The highest BCUT2D eigenvalue weighted by molar-refractivity contribution is 5.75. The zero-order chi connectivity index (χ0) is 13.7. The van der Waals surface area contributed by atoms with Gasteiger partial charge in [-0.15, -0.1) is 0 Å². The second-order valence-electron chi connectivity index (χ2n) is 4.44. The number of carbonyl (C=O) groups excluding carboxylic acids is 1. The summed E-state index contributed by atoms with van der Waals surface area (Å²) in [5.41, 5.74) is 2.21. The number of aryl methyl sites for hydroxylation is 2. The van der Waals surface area contributed by atoms with E-state index in [1.165, 1.54) is 5.56 Å². The van der Waals surface area contributed by atoms with E-state index in [4.69, 9.17) is 4.42 Å². The number of benzene rings is 1. The molecule has 1 aromatic heterocycles. The van der Waals surface area contributed by atoms with E-state index in [1.54, 1.807) is 6.20 Å². The second-order valence-corrected chi connectivity index (χ2v) is 4.44. The summed E-state index contributed by atoms with van der Waals surface area (Å²) in [6.07, 6.45) is 2.64. The molecule has 2 aromatic rings. The molecule has 0 saturated heterocycles. The van der Waals surface area contributed by atoms with Crippen molar-refractivity contribution in [3.05, 3.63) is 41.9 Å². The van der Waals surface area contributed by atoms with Crippen LogP contribution in [0.5, 0.6) is 0 Å². The van der Waals surface area contributed by atoms with Gasteiger partial charge in [-0.3, -0.25) is 4.79 Å². The summed E-state index contributed by atoms with van der Waals surface area (Å²) in [7, 11) is 0. The molecule has 0 fully saturated rings. The molecule has 19 heavy (non-hydrogen) atoms. The van der Waals surface area contributed by atoms with E-state index in [-0.39, 0.29) is 5.91 Å². The molecule has 0 unspecified atom stereocenters. The van der Waals surface area contributed by atoms with Crippen LogP contribution in [0.3, 0.4) is 0 Å². The van der Waals surface area contributed by atoms with Gasteiger partial charge < -0.3 is 9.73 Å². The third kappa shape index (κ3) is 3.68. The molecule has 0 saturated carbocycles. The van der Waals surface area contributed by atoms with Crippen molar-refractivity contribution in [2.24, 2.45) is 0 Å². The summed E-state index contributed by atoms with van der Waals surface area (Å²) < 4.78 is 5.65. The monoisotopic (exact) mass is 258 g/mol. The Hall–Kier alpha value is -2.10. The molecule has 2 rings (SSSR count). The highest BCUT2D eigenvalue weighted by atomic mass is 16.4. The molecule has 1 amide bonds. The minimum absolute atomic E-state index is 0.0255. The van der Waals surface area contributed by atoms with Crippen LogP contribution in [0.2, 0.25) is 0 Å². The van der Waals surface area contributed by atoms with Crippen LogP contribution in [0.1, 0.15) is 24.8 Å². The lowest BCUT2D eigenvalue weighted by Crippen LogP contribution is -2.22. The van der Waals surface area contributed by atoms with Crippen LogP contribution < -0.4 is 5.32 Å². The Kier molecular flexibility index (Phi) is 4.34. The molecule has 4 heteroatoms. The normalized spacial score (nSPS) is 10.4. The lowest BCUT2D eigenvalue weighted by molar-refractivity contribution is -0.121. The van der Waals surface area contributed by atoms with Crippen LogP contribution in [-0.2, 0) is 11.2 Å². The average molecular weight is 258 g/mol. The Balaban J connectivity index is 1.99. The Morgan fingerprint density at radius 1 is 1.32 bits per heavy atom. The zero-order valence-corrected chi connectivity index (χ0v) is 11.3. The van der Waals surface area contributed by atoms with Gasteiger partial charge in [-0.25, -0.2) is 4.98 Å². The van der Waals surface area contributed by atoms with Crippen molar-refractivity contribution >= 4 is 5.91 Å². The number of carbonyl (C=O) groups is 1. The molecule has 0 aliphatic carbocycles. The molecule has 0 aliphatic rings. The molecule has 1 aromatic carbocycles. The number of rotatable bonds is 5. The largest absolute Gasteiger partial charge is 0.441 e. The van der Waals surface area contributed by atoms with Gasteiger partial charge in [-0.1, -0.05) is 29.8 Å². The lowest BCUT2D eigenvalue weighted by atomic mass is 10.1.